The number of benzene rings is 2. The van der Waals surface area contributed by atoms with Gasteiger partial charge in [-0.3, -0.25) is 4.79 Å². The van der Waals surface area contributed by atoms with Crippen LogP contribution in [0.1, 0.15) is 6.92 Å². The van der Waals surface area contributed by atoms with Crippen molar-refractivity contribution in [3.8, 4) is 17.2 Å². The summed E-state index contributed by atoms with van der Waals surface area (Å²) in [7, 11) is 1.59. The van der Waals surface area contributed by atoms with Gasteiger partial charge in [-0.25, -0.2) is 4.39 Å². The minimum Gasteiger partial charge on any atom is -0.497 e. The molecule has 1 amide bonds. The highest BCUT2D eigenvalue weighted by atomic mass is 35.5. The summed E-state index contributed by atoms with van der Waals surface area (Å²) >= 11 is 7.03. The number of anilines is 1. The second kappa shape index (κ2) is 8.41. The summed E-state index contributed by atoms with van der Waals surface area (Å²) < 4.78 is 23.8. The SMILES string of the molecule is COc1ccc(-c2nnc(SC(C)C(=O)Nc3ccc(F)cc3Cl)o2)cc1. The molecular formula is C18H15ClFN3O3S. The van der Waals surface area contributed by atoms with E-state index in [4.69, 9.17) is 20.8 Å². The monoisotopic (exact) mass is 407 g/mol. The van der Waals surface area contributed by atoms with Gasteiger partial charge in [-0.15, -0.1) is 10.2 Å². The fourth-order valence-electron chi connectivity index (χ4n) is 2.14. The minimum absolute atomic E-state index is 0.125. The molecule has 0 aliphatic rings. The Morgan fingerprint density at radius 2 is 2.00 bits per heavy atom. The van der Waals surface area contributed by atoms with Gasteiger partial charge in [-0.05, 0) is 49.4 Å². The Balaban J connectivity index is 1.64. The number of carbonyl (C=O) groups is 1. The van der Waals surface area contributed by atoms with E-state index in [0.29, 0.717) is 11.6 Å². The van der Waals surface area contributed by atoms with Gasteiger partial charge in [0.15, 0.2) is 0 Å². The Hall–Kier alpha value is -2.58. The van der Waals surface area contributed by atoms with Gasteiger partial charge in [0, 0.05) is 5.56 Å². The zero-order valence-corrected chi connectivity index (χ0v) is 16.0. The van der Waals surface area contributed by atoms with Gasteiger partial charge < -0.3 is 14.5 Å². The summed E-state index contributed by atoms with van der Waals surface area (Å²) in [5, 5.41) is 10.4. The predicted octanol–water partition coefficient (Wildman–Crippen LogP) is 4.66. The highest BCUT2D eigenvalue weighted by molar-refractivity contribution is 8.00. The molecule has 6 nitrogen and oxygen atoms in total. The molecule has 1 aromatic heterocycles. The number of hydrogen-bond acceptors (Lipinski definition) is 6. The van der Waals surface area contributed by atoms with Crippen molar-refractivity contribution in [1.82, 2.24) is 10.2 Å². The van der Waals surface area contributed by atoms with E-state index in [1.807, 2.05) is 0 Å². The normalized spacial score (nSPS) is 11.9. The fourth-order valence-corrected chi connectivity index (χ4v) is 3.04. The van der Waals surface area contributed by atoms with Crippen LogP contribution in [0.5, 0.6) is 5.75 Å². The van der Waals surface area contributed by atoms with Crippen LogP contribution in [0, 0.1) is 5.82 Å². The number of thioether (sulfide) groups is 1. The predicted molar refractivity (Wildman–Crippen MR) is 102 cm³/mol. The van der Waals surface area contributed by atoms with E-state index in [-0.39, 0.29) is 16.2 Å². The lowest BCUT2D eigenvalue weighted by atomic mass is 10.2. The molecule has 1 atom stereocenters. The Kier molecular flexibility index (Phi) is 5.98. The molecule has 3 aromatic rings. The number of ether oxygens (including phenoxy) is 1. The molecule has 0 saturated carbocycles. The first kappa shape index (κ1) is 19.2. The molecule has 0 bridgehead atoms. The average Bonchev–Trinajstić information content (AvgIpc) is 3.12. The van der Waals surface area contributed by atoms with Crippen molar-refractivity contribution in [1.29, 1.82) is 0 Å². The third-order valence-electron chi connectivity index (χ3n) is 3.58. The average molecular weight is 408 g/mol. The molecule has 9 heteroatoms. The standard InChI is InChI=1S/C18H15ClFN3O3S/c1-10(16(24)21-15-8-5-12(20)9-14(15)19)27-18-23-22-17(26-18)11-3-6-13(25-2)7-4-11/h3-10H,1-2H3,(H,21,24). The minimum atomic E-state index is -0.532. The van der Waals surface area contributed by atoms with Gasteiger partial charge in [0.1, 0.15) is 11.6 Å². The lowest BCUT2D eigenvalue weighted by Crippen LogP contribution is -2.22. The molecule has 1 N–H and O–H groups in total. The van der Waals surface area contributed by atoms with Crippen molar-refractivity contribution in [2.45, 2.75) is 17.4 Å². The van der Waals surface area contributed by atoms with E-state index < -0.39 is 11.1 Å². The molecule has 2 aromatic carbocycles. The fraction of sp³-hybridized carbons (Fsp3) is 0.167. The number of rotatable bonds is 6. The molecule has 0 radical (unpaired) electrons. The summed E-state index contributed by atoms with van der Waals surface area (Å²) in [5.41, 5.74) is 1.07. The highest BCUT2D eigenvalue weighted by Crippen LogP contribution is 2.28. The molecule has 1 heterocycles. The molecule has 0 spiro atoms. The Morgan fingerprint density at radius 1 is 1.26 bits per heavy atom. The first-order valence-corrected chi connectivity index (χ1v) is 9.12. The number of nitrogens with one attached hydrogen (secondary N) is 1. The number of halogens is 2. The van der Waals surface area contributed by atoms with E-state index in [1.54, 1.807) is 38.3 Å². The summed E-state index contributed by atoms with van der Waals surface area (Å²) in [5.74, 6) is 0.266. The third kappa shape index (κ3) is 4.78. The maximum absolute atomic E-state index is 13.1. The third-order valence-corrected chi connectivity index (χ3v) is 4.83. The molecule has 0 aliphatic carbocycles. The van der Waals surface area contributed by atoms with Crippen LogP contribution < -0.4 is 10.1 Å². The first-order chi connectivity index (χ1) is 13.0. The lowest BCUT2D eigenvalue weighted by molar-refractivity contribution is -0.115. The molecule has 1 unspecified atom stereocenters. The van der Waals surface area contributed by atoms with E-state index in [0.717, 1.165) is 29.1 Å². The zero-order chi connectivity index (χ0) is 19.4. The molecule has 0 saturated heterocycles. The number of aromatic nitrogens is 2. The summed E-state index contributed by atoms with van der Waals surface area (Å²) in [4.78, 5) is 12.3. The lowest BCUT2D eigenvalue weighted by Gasteiger charge is -2.11. The van der Waals surface area contributed by atoms with Crippen LogP contribution in [0.25, 0.3) is 11.5 Å². The second-order valence-electron chi connectivity index (χ2n) is 5.48. The van der Waals surface area contributed by atoms with Gasteiger partial charge in [0.2, 0.25) is 11.8 Å². The Morgan fingerprint density at radius 3 is 2.67 bits per heavy atom. The van der Waals surface area contributed by atoms with Gasteiger partial charge in [-0.1, -0.05) is 23.4 Å². The van der Waals surface area contributed by atoms with Crippen LogP contribution in [0.2, 0.25) is 5.02 Å². The number of methoxy groups -OCH3 is 1. The van der Waals surface area contributed by atoms with E-state index in [9.17, 15) is 9.18 Å². The summed E-state index contributed by atoms with van der Waals surface area (Å²) in [6, 6.07) is 10.9. The highest BCUT2D eigenvalue weighted by Gasteiger charge is 2.20. The van der Waals surface area contributed by atoms with E-state index in [2.05, 4.69) is 15.5 Å². The van der Waals surface area contributed by atoms with Crippen molar-refractivity contribution in [2.75, 3.05) is 12.4 Å². The summed E-state index contributed by atoms with van der Waals surface area (Å²) in [6.45, 7) is 1.69. The molecule has 27 heavy (non-hydrogen) atoms. The largest absolute Gasteiger partial charge is 0.497 e. The maximum Gasteiger partial charge on any atom is 0.277 e. The van der Waals surface area contributed by atoms with E-state index >= 15 is 0 Å². The van der Waals surface area contributed by atoms with Crippen LogP contribution in [-0.4, -0.2) is 28.5 Å². The zero-order valence-electron chi connectivity index (χ0n) is 14.4. The van der Waals surface area contributed by atoms with Crippen LogP contribution in [0.3, 0.4) is 0 Å². The van der Waals surface area contributed by atoms with Gasteiger partial charge in [0.05, 0.1) is 23.1 Å². The smallest absolute Gasteiger partial charge is 0.277 e. The van der Waals surface area contributed by atoms with Crippen LogP contribution in [0.4, 0.5) is 10.1 Å². The van der Waals surface area contributed by atoms with Crippen molar-refractivity contribution in [3.63, 3.8) is 0 Å². The topological polar surface area (TPSA) is 77.2 Å². The molecular weight excluding hydrogens is 393 g/mol. The molecule has 0 fully saturated rings. The molecule has 0 aliphatic heterocycles. The molecule has 140 valence electrons. The molecule has 3 rings (SSSR count). The number of nitrogens with zero attached hydrogens (tertiary/aromatic N) is 2. The van der Waals surface area contributed by atoms with Crippen molar-refractivity contribution >= 4 is 35.0 Å². The van der Waals surface area contributed by atoms with Crippen LogP contribution >= 0.6 is 23.4 Å². The van der Waals surface area contributed by atoms with Crippen LogP contribution in [0.15, 0.2) is 52.1 Å². The van der Waals surface area contributed by atoms with E-state index in [1.165, 1.54) is 12.1 Å². The second-order valence-corrected chi connectivity index (χ2v) is 7.17. The Bertz CT molecular complexity index is 949. The number of hydrogen-bond donors (Lipinski definition) is 1. The number of amides is 1. The van der Waals surface area contributed by atoms with Crippen molar-refractivity contribution in [2.24, 2.45) is 0 Å². The number of carbonyl (C=O) groups excluding carboxylic acids is 1. The van der Waals surface area contributed by atoms with Gasteiger partial charge in [-0.2, -0.15) is 0 Å². The van der Waals surface area contributed by atoms with Crippen LogP contribution in [-0.2, 0) is 4.79 Å². The summed E-state index contributed by atoms with van der Waals surface area (Å²) in [6.07, 6.45) is 0. The quantitative estimate of drug-likeness (QED) is 0.599. The van der Waals surface area contributed by atoms with Gasteiger partial charge >= 0.3 is 0 Å². The Labute approximate surface area is 164 Å². The maximum atomic E-state index is 13.1. The van der Waals surface area contributed by atoms with Crippen molar-refractivity contribution in [3.05, 3.63) is 53.3 Å². The first-order valence-electron chi connectivity index (χ1n) is 7.87. The van der Waals surface area contributed by atoms with Crippen molar-refractivity contribution < 1.29 is 18.3 Å². The van der Waals surface area contributed by atoms with Gasteiger partial charge in [0.25, 0.3) is 5.22 Å².